The maximum absolute atomic E-state index is 12.5. The molecule has 0 saturated heterocycles. The summed E-state index contributed by atoms with van der Waals surface area (Å²) >= 11 is 1.39. The number of carbonyl (C=O) groups excluding carboxylic acids is 1. The molecule has 5 heteroatoms. The minimum absolute atomic E-state index is 0.101. The van der Waals surface area contributed by atoms with Gasteiger partial charge >= 0.3 is 0 Å². The Morgan fingerprint density at radius 2 is 2.00 bits per heavy atom. The number of para-hydroxylation sites is 2. The van der Waals surface area contributed by atoms with E-state index in [0.29, 0.717) is 4.80 Å². The lowest BCUT2D eigenvalue weighted by molar-refractivity contribution is -0.116. The van der Waals surface area contributed by atoms with Gasteiger partial charge in [-0.15, -0.1) is 0 Å². The number of rotatable bonds is 4. The number of anilines is 1. The molecule has 0 radical (unpaired) electrons. The molecule has 0 bridgehead atoms. The van der Waals surface area contributed by atoms with Crippen molar-refractivity contribution in [2.75, 3.05) is 5.32 Å². The zero-order chi connectivity index (χ0) is 16.4. The highest BCUT2D eigenvalue weighted by atomic mass is 32.1. The van der Waals surface area contributed by atoms with Crippen LogP contribution in [0.15, 0.2) is 42.5 Å². The van der Waals surface area contributed by atoms with Crippen molar-refractivity contribution in [1.29, 1.82) is 5.41 Å². The summed E-state index contributed by atoms with van der Waals surface area (Å²) in [5.74, 6) is -0.101. The van der Waals surface area contributed by atoms with Crippen molar-refractivity contribution < 1.29 is 4.79 Å². The first kappa shape index (κ1) is 15.5. The smallest absolute Gasteiger partial charge is 0.244 e. The van der Waals surface area contributed by atoms with E-state index < -0.39 is 0 Å². The third-order valence-corrected chi connectivity index (χ3v) is 4.89. The molecule has 1 heterocycles. The van der Waals surface area contributed by atoms with Crippen LogP contribution in [0.4, 0.5) is 5.69 Å². The van der Waals surface area contributed by atoms with Crippen LogP contribution in [0.2, 0.25) is 0 Å². The number of amides is 1. The molecule has 0 aliphatic rings. The van der Waals surface area contributed by atoms with Crippen LogP contribution in [-0.4, -0.2) is 10.5 Å². The average Bonchev–Trinajstić information content (AvgIpc) is 2.85. The summed E-state index contributed by atoms with van der Waals surface area (Å²) < 4.78 is 2.77. The molecule has 1 aromatic heterocycles. The summed E-state index contributed by atoms with van der Waals surface area (Å²) in [7, 11) is 0. The molecule has 0 aliphatic carbocycles. The van der Waals surface area contributed by atoms with Gasteiger partial charge < -0.3 is 9.88 Å². The van der Waals surface area contributed by atoms with Crippen LogP contribution in [0.25, 0.3) is 10.2 Å². The Hall–Kier alpha value is -2.40. The topological polar surface area (TPSA) is 57.9 Å². The van der Waals surface area contributed by atoms with Gasteiger partial charge in [0.05, 0.1) is 10.2 Å². The van der Waals surface area contributed by atoms with Crippen molar-refractivity contribution in [3.63, 3.8) is 0 Å². The van der Waals surface area contributed by atoms with Crippen LogP contribution in [-0.2, 0) is 17.8 Å². The van der Waals surface area contributed by atoms with E-state index in [4.69, 9.17) is 5.41 Å². The maximum Gasteiger partial charge on any atom is 0.244 e. The lowest BCUT2D eigenvalue weighted by Gasteiger charge is -2.13. The van der Waals surface area contributed by atoms with Crippen LogP contribution in [0.1, 0.15) is 18.1 Å². The highest BCUT2D eigenvalue weighted by Crippen LogP contribution is 2.21. The Morgan fingerprint density at radius 1 is 1.22 bits per heavy atom. The van der Waals surface area contributed by atoms with Gasteiger partial charge in [-0.3, -0.25) is 10.2 Å². The van der Waals surface area contributed by atoms with Crippen LogP contribution in [0, 0.1) is 12.3 Å². The van der Waals surface area contributed by atoms with E-state index in [2.05, 4.69) is 12.2 Å². The van der Waals surface area contributed by atoms with Crippen molar-refractivity contribution in [2.45, 2.75) is 26.8 Å². The minimum Gasteiger partial charge on any atom is -0.324 e. The molecule has 2 aromatic carbocycles. The molecular weight excluding hydrogens is 306 g/mol. The molecule has 1 amide bonds. The SMILES string of the molecule is CCc1cccc(C)c1NC(=O)Cn1c(=N)sc2ccccc21. The third kappa shape index (κ3) is 3.05. The number of carbonyl (C=O) groups is 1. The molecule has 0 fully saturated rings. The quantitative estimate of drug-likeness (QED) is 0.755. The predicted molar refractivity (Wildman–Crippen MR) is 94.9 cm³/mol. The molecule has 3 rings (SSSR count). The summed E-state index contributed by atoms with van der Waals surface area (Å²) in [4.78, 5) is 12.9. The highest BCUT2D eigenvalue weighted by Gasteiger charge is 2.12. The van der Waals surface area contributed by atoms with Gasteiger partial charge in [0.1, 0.15) is 6.54 Å². The van der Waals surface area contributed by atoms with E-state index in [1.807, 2.05) is 49.4 Å². The first-order chi connectivity index (χ1) is 11.1. The molecule has 118 valence electrons. The number of benzene rings is 2. The number of hydrogen-bond acceptors (Lipinski definition) is 3. The lowest BCUT2D eigenvalue weighted by atomic mass is 10.1. The van der Waals surface area contributed by atoms with E-state index in [0.717, 1.165) is 33.5 Å². The molecule has 2 N–H and O–H groups in total. The summed E-state index contributed by atoms with van der Waals surface area (Å²) in [5.41, 5.74) is 4.01. The largest absolute Gasteiger partial charge is 0.324 e. The zero-order valence-corrected chi connectivity index (χ0v) is 14.0. The van der Waals surface area contributed by atoms with Gasteiger partial charge in [-0.25, -0.2) is 0 Å². The van der Waals surface area contributed by atoms with E-state index in [1.165, 1.54) is 11.3 Å². The first-order valence-electron chi connectivity index (χ1n) is 7.61. The number of thiazole rings is 1. The lowest BCUT2D eigenvalue weighted by Crippen LogP contribution is -2.25. The van der Waals surface area contributed by atoms with Gasteiger partial charge in [0.25, 0.3) is 0 Å². The second-order valence-corrected chi connectivity index (χ2v) is 6.50. The van der Waals surface area contributed by atoms with Crippen molar-refractivity contribution in [2.24, 2.45) is 0 Å². The predicted octanol–water partition coefficient (Wildman–Crippen LogP) is 3.69. The van der Waals surface area contributed by atoms with Gasteiger partial charge in [-0.1, -0.05) is 48.6 Å². The Kier molecular flexibility index (Phi) is 4.30. The van der Waals surface area contributed by atoms with Crippen LogP contribution < -0.4 is 10.1 Å². The highest BCUT2D eigenvalue weighted by molar-refractivity contribution is 7.16. The van der Waals surface area contributed by atoms with E-state index in [9.17, 15) is 4.79 Å². The third-order valence-electron chi connectivity index (χ3n) is 3.91. The van der Waals surface area contributed by atoms with Crippen molar-refractivity contribution in [3.8, 4) is 0 Å². The molecule has 3 aromatic rings. The number of nitrogens with zero attached hydrogens (tertiary/aromatic N) is 1. The number of aromatic nitrogens is 1. The standard InChI is InChI=1S/C18H19N3OS/c1-3-13-8-6-7-12(2)17(13)20-16(22)11-21-14-9-4-5-10-15(14)23-18(21)19/h4-10,19H,3,11H2,1-2H3,(H,20,22). The summed E-state index contributed by atoms with van der Waals surface area (Å²) in [5, 5.41) is 11.1. The fraction of sp³-hybridized carbons (Fsp3) is 0.222. The van der Waals surface area contributed by atoms with Crippen molar-refractivity contribution in [3.05, 3.63) is 58.4 Å². The van der Waals surface area contributed by atoms with Gasteiger partial charge in [-0.05, 0) is 36.6 Å². The summed E-state index contributed by atoms with van der Waals surface area (Å²) in [6, 6.07) is 13.8. The average molecular weight is 325 g/mol. The number of hydrogen-bond donors (Lipinski definition) is 2. The second kappa shape index (κ2) is 6.38. The molecule has 0 saturated carbocycles. The summed E-state index contributed by atoms with van der Waals surface area (Å²) in [6.45, 7) is 4.23. The molecule has 4 nitrogen and oxygen atoms in total. The molecule has 0 aliphatic heterocycles. The maximum atomic E-state index is 12.5. The summed E-state index contributed by atoms with van der Waals surface area (Å²) in [6.07, 6.45) is 0.871. The Balaban J connectivity index is 1.88. The molecule has 0 spiro atoms. The Labute approximate surface area is 138 Å². The monoisotopic (exact) mass is 325 g/mol. The van der Waals surface area contributed by atoms with Gasteiger partial charge in [-0.2, -0.15) is 0 Å². The fourth-order valence-electron chi connectivity index (χ4n) is 2.72. The van der Waals surface area contributed by atoms with Crippen LogP contribution in [0.5, 0.6) is 0 Å². The molecule has 23 heavy (non-hydrogen) atoms. The van der Waals surface area contributed by atoms with Crippen molar-refractivity contribution >= 4 is 33.1 Å². The van der Waals surface area contributed by atoms with E-state index in [-0.39, 0.29) is 12.5 Å². The van der Waals surface area contributed by atoms with Crippen LogP contribution >= 0.6 is 11.3 Å². The molecule has 0 atom stereocenters. The fourth-order valence-corrected chi connectivity index (χ4v) is 3.63. The number of aryl methyl sites for hydroxylation is 2. The van der Waals surface area contributed by atoms with Gasteiger partial charge in [0, 0.05) is 5.69 Å². The Bertz CT molecular complexity index is 923. The zero-order valence-electron chi connectivity index (χ0n) is 13.2. The Morgan fingerprint density at radius 3 is 2.78 bits per heavy atom. The van der Waals surface area contributed by atoms with E-state index in [1.54, 1.807) is 4.57 Å². The van der Waals surface area contributed by atoms with Crippen molar-refractivity contribution in [1.82, 2.24) is 4.57 Å². The first-order valence-corrected chi connectivity index (χ1v) is 8.43. The number of fused-ring (bicyclic) bond motifs is 1. The van der Waals surface area contributed by atoms with Gasteiger partial charge in [0.2, 0.25) is 5.91 Å². The normalized spacial score (nSPS) is 10.9. The molecular formula is C18H19N3OS. The second-order valence-electron chi connectivity index (χ2n) is 5.47. The van der Waals surface area contributed by atoms with E-state index >= 15 is 0 Å². The molecule has 0 unspecified atom stereocenters. The minimum atomic E-state index is -0.101. The number of nitrogens with one attached hydrogen (secondary N) is 2. The van der Waals surface area contributed by atoms with Gasteiger partial charge in [0.15, 0.2) is 4.80 Å². The van der Waals surface area contributed by atoms with Crippen LogP contribution in [0.3, 0.4) is 0 Å².